The van der Waals surface area contributed by atoms with Crippen LogP contribution in [-0.2, 0) is 0 Å². The van der Waals surface area contributed by atoms with Crippen LogP contribution >= 0.6 is 20.2 Å². The number of rotatable bonds is 5. The Hall–Kier alpha value is -1.55. The van der Waals surface area contributed by atoms with Gasteiger partial charge in [-0.25, -0.2) is 0 Å². The van der Waals surface area contributed by atoms with E-state index in [1.807, 2.05) is 42.5 Å². The Bertz CT molecular complexity index is 851. The van der Waals surface area contributed by atoms with Crippen LogP contribution in [-0.4, -0.2) is 31.5 Å². The molecule has 122 valence electrons. The van der Waals surface area contributed by atoms with Crippen molar-refractivity contribution >= 4 is 49.9 Å². The summed E-state index contributed by atoms with van der Waals surface area (Å²) in [5.41, 5.74) is 2.72. The molecule has 1 atom stereocenters. The van der Waals surface area contributed by atoms with Crippen molar-refractivity contribution in [1.29, 1.82) is 0 Å². The fraction of sp³-hybridized carbons (Fsp3) is 0.0500. The van der Waals surface area contributed by atoms with E-state index in [9.17, 15) is 4.79 Å². The Morgan fingerprint density at radius 3 is 2.16 bits per heavy atom. The molecule has 2 nitrogen and oxygen atoms in total. The first-order chi connectivity index (χ1) is 11.7. The molecule has 0 spiro atoms. The van der Waals surface area contributed by atoms with Crippen molar-refractivity contribution in [3.05, 3.63) is 83.4 Å². The van der Waals surface area contributed by atoms with Gasteiger partial charge in [0.05, 0.1) is 17.7 Å². The van der Waals surface area contributed by atoms with Crippen molar-refractivity contribution in [2.75, 3.05) is 7.11 Å². The maximum absolute atomic E-state index is 12.6. The van der Waals surface area contributed by atoms with Crippen molar-refractivity contribution in [1.82, 2.24) is 0 Å². The van der Waals surface area contributed by atoms with Gasteiger partial charge in [-0.3, -0.25) is 4.79 Å². The summed E-state index contributed by atoms with van der Waals surface area (Å²) in [6.45, 7) is 0. The summed E-state index contributed by atoms with van der Waals surface area (Å²) in [5, 5.41) is 1.40. The summed E-state index contributed by atoms with van der Waals surface area (Å²) in [6.07, 6.45) is 0. The van der Waals surface area contributed by atoms with Gasteiger partial charge in [-0.15, -0.1) is 0 Å². The van der Waals surface area contributed by atoms with Crippen LogP contribution in [0.1, 0.15) is 10.4 Å². The van der Waals surface area contributed by atoms with Gasteiger partial charge in [0.2, 0.25) is 0 Å². The Labute approximate surface area is 166 Å². The van der Waals surface area contributed by atoms with E-state index in [4.69, 9.17) is 16.3 Å². The van der Waals surface area contributed by atoms with E-state index in [1.54, 1.807) is 25.3 Å². The number of hydrogen-bond donors (Lipinski definition) is 0. The summed E-state index contributed by atoms with van der Waals surface area (Å²) in [6, 6.07) is 23.4. The van der Waals surface area contributed by atoms with E-state index in [1.165, 1.54) is 0 Å². The summed E-state index contributed by atoms with van der Waals surface area (Å²) in [7, 11) is 1.54. The molecule has 0 fully saturated rings. The molecule has 1 unspecified atom stereocenters. The molecular weight excluding hydrogens is 346 g/mol. The molecule has 0 bridgehead atoms. The first-order valence-electron chi connectivity index (χ1n) is 7.48. The third-order valence-electron chi connectivity index (χ3n) is 3.67. The molecule has 0 radical (unpaired) electrons. The Morgan fingerprint density at radius 2 is 1.52 bits per heavy atom. The molecule has 0 saturated carbocycles. The number of hydrogen-bond acceptors (Lipinski definition) is 2. The van der Waals surface area contributed by atoms with Gasteiger partial charge in [0, 0.05) is 0 Å². The van der Waals surface area contributed by atoms with Crippen LogP contribution in [0.4, 0.5) is 0 Å². The number of carbonyl (C=O) groups is 1. The zero-order chi connectivity index (χ0) is 16.9. The molecule has 3 aromatic carbocycles. The van der Waals surface area contributed by atoms with Crippen molar-refractivity contribution < 1.29 is 9.53 Å². The minimum absolute atomic E-state index is 0. The summed E-state index contributed by atoms with van der Waals surface area (Å²) in [5.74, 6) is 0.515. The van der Waals surface area contributed by atoms with Gasteiger partial charge in [-0.1, -0.05) is 72.3 Å². The maximum atomic E-state index is 12.6. The van der Waals surface area contributed by atoms with E-state index < -0.39 is 0 Å². The third-order valence-corrected chi connectivity index (χ3v) is 5.09. The number of carbonyl (C=O) groups excluding carboxylic acids is 1. The van der Waals surface area contributed by atoms with Gasteiger partial charge in [0.15, 0.2) is 5.52 Å². The average Bonchev–Trinajstić information content (AvgIpc) is 2.62. The molecule has 0 N–H and O–H groups in total. The van der Waals surface area contributed by atoms with Crippen molar-refractivity contribution in [3.63, 3.8) is 0 Å². The van der Waals surface area contributed by atoms with Gasteiger partial charge >= 0.3 is 18.9 Å². The average molecular weight is 363 g/mol. The van der Waals surface area contributed by atoms with Crippen molar-refractivity contribution in [2.24, 2.45) is 0 Å². The second-order valence-corrected chi connectivity index (χ2v) is 6.90. The number of methoxy groups -OCH3 is 1. The fourth-order valence-corrected chi connectivity index (χ4v) is 3.77. The van der Waals surface area contributed by atoms with Gasteiger partial charge in [-0.2, -0.15) is 0 Å². The first kappa shape index (κ1) is 19.8. The second kappa shape index (κ2) is 9.23. The number of halogens is 1. The molecule has 0 aliphatic rings. The molecule has 3 aromatic rings. The normalized spacial score (nSPS) is 10.5. The molecule has 0 heterocycles. The van der Waals surface area contributed by atoms with Gasteiger partial charge in [-0.05, 0) is 37.1 Å². The van der Waals surface area contributed by atoms with Gasteiger partial charge < -0.3 is 4.74 Å². The van der Waals surface area contributed by atoms with E-state index in [2.05, 4.69) is 12.1 Å². The summed E-state index contributed by atoms with van der Waals surface area (Å²) >= 11 is 6.18. The van der Waals surface area contributed by atoms with E-state index >= 15 is 0 Å². The van der Waals surface area contributed by atoms with Gasteiger partial charge in [0.25, 0.3) is 0 Å². The van der Waals surface area contributed by atoms with E-state index in [-0.39, 0.29) is 33.0 Å². The zero-order valence-electron chi connectivity index (χ0n) is 13.1. The van der Waals surface area contributed by atoms with Crippen LogP contribution < -0.4 is 10.0 Å². The zero-order valence-corrected chi connectivity index (χ0v) is 14.9. The van der Waals surface area contributed by atoms with Crippen molar-refractivity contribution in [2.45, 2.75) is 0 Å². The monoisotopic (exact) mass is 362 g/mol. The Morgan fingerprint density at radius 1 is 0.880 bits per heavy atom. The predicted molar refractivity (Wildman–Crippen MR) is 109 cm³/mol. The van der Waals surface area contributed by atoms with E-state index in [0.717, 1.165) is 16.4 Å². The molecule has 5 heteroatoms. The van der Waals surface area contributed by atoms with Crippen molar-refractivity contribution in [3.8, 4) is 16.9 Å². The quantitative estimate of drug-likeness (QED) is 0.493. The Kier molecular flexibility index (Phi) is 7.30. The fourth-order valence-electron chi connectivity index (χ4n) is 2.47. The topological polar surface area (TPSA) is 26.3 Å². The molecule has 0 saturated heterocycles. The Balaban J connectivity index is 0.00000225. The molecule has 0 amide bonds. The van der Waals surface area contributed by atoms with Crippen LogP contribution in [0.3, 0.4) is 0 Å². The molecule has 0 aliphatic carbocycles. The summed E-state index contributed by atoms with van der Waals surface area (Å²) in [4.78, 5) is 12.6. The SMILES string of the molecule is COc1cccc(Cl)c1C(=O)Pc1ccc(-c2ccccc2)cc1.[LiH]. The number of ether oxygens (including phenoxy) is 1. The first-order valence-corrected chi connectivity index (χ1v) is 8.86. The predicted octanol–water partition coefficient (Wildman–Crippen LogP) is 4.51. The van der Waals surface area contributed by atoms with Crippen LogP contribution in [0, 0.1) is 0 Å². The molecule has 0 aliphatic heterocycles. The molecule has 25 heavy (non-hydrogen) atoms. The molecular formula is C20H17ClLiO2P. The van der Waals surface area contributed by atoms with Crippen LogP contribution in [0.5, 0.6) is 5.75 Å². The van der Waals surface area contributed by atoms with Crippen LogP contribution in [0.25, 0.3) is 11.1 Å². The van der Waals surface area contributed by atoms with Crippen LogP contribution in [0.2, 0.25) is 5.02 Å². The summed E-state index contributed by atoms with van der Waals surface area (Å²) < 4.78 is 5.26. The molecule has 0 aromatic heterocycles. The van der Waals surface area contributed by atoms with E-state index in [0.29, 0.717) is 16.3 Å². The molecule has 3 rings (SSSR count). The standard InChI is InChI=1S/C20H16ClO2P.Li.H/c1-23-18-9-5-8-17(21)19(18)20(22)24-16-12-10-15(11-13-16)14-6-3-2-4-7-14;;/h2-13,24H,1H3;;. The van der Waals surface area contributed by atoms with Crippen LogP contribution in [0.15, 0.2) is 72.8 Å². The van der Waals surface area contributed by atoms with Gasteiger partial charge in [0.1, 0.15) is 5.75 Å². The minimum atomic E-state index is -0.0232. The second-order valence-electron chi connectivity index (χ2n) is 5.21. The third kappa shape index (κ3) is 4.75. The number of benzene rings is 3.